The Bertz CT molecular complexity index is 754. The number of benzene rings is 2. The van der Waals surface area contributed by atoms with Gasteiger partial charge in [0.1, 0.15) is 0 Å². The molecule has 3 rings (SSSR count). The van der Waals surface area contributed by atoms with Crippen molar-refractivity contribution in [2.45, 2.75) is 10.9 Å². The highest BCUT2D eigenvalue weighted by atomic mass is 79.9. The Balaban J connectivity index is 1.59. The number of amides is 1. The van der Waals surface area contributed by atoms with Crippen molar-refractivity contribution in [3.05, 3.63) is 63.6 Å². The first kappa shape index (κ1) is 20.7. The third kappa shape index (κ3) is 6.22. The molecule has 4 nitrogen and oxygen atoms in total. The van der Waals surface area contributed by atoms with Gasteiger partial charge in [-0.15, -0.1) is 11.8 Å². The summed E-state index contributed by atoms with van der Waals surface area (Å²) in [5, 5.41) is 3.81. The topological polar surface area (TPSA) is 41.6 Å². The quantitative estimate of drug-likeness (QED) is 0.611. The number of nitrogens with one attached hydrogen (secondary N) is 1. The second kappa shape index (κ2) is 10.5. The van der Waals surface area contributed by atoms with Crippen LogP contribution in [0.25, 0.3) is 0 Å². The van der Waals surface area contributed by atoms with Crippen LogP contribution in [0.3, 0.4) is 0 Å². The summed E-state index contributed by atoms with van der Waals surface area (Å²) in [4.78, 5) is 15.8. The van der Waals surface area contributed by atoms with Gasteiger partial charge in [0.2, 0.25) is 5.91 Å². The molecule has 27 heavy (non-hydrogen) atoms. The van der Waals surface area contributed by atoms with Crippen LogP contribution in [0, 0.1) is 0 Å². The molecule has 1 fully saturated rings. The lowest BCUT2D eigenvalue weighted by atomic mass is 10.0. The molecule has 1 saturated heterocycles. The van der Waals surface area contributed by atoms with Gasteiger partial charge < -0.3 is 10.1 Å². The van der Waals surface area contributed by atoms with Crippen molar-refractivity contribution in [3.63, 3.8) is 0 Å². The SMILES string of the molecule is O=C(CSc1ccc(Br)cc1)NCC(c1ccccc1Cl)N1CCOCC1. The van der Waals surface area contributed by atoms with Gasteiger partial charge in [0.05, 0.1) is 25.0 Å². The zero-order valence-corrected chi connectivity index (χ0v) is 18.0. The van der Waals surface area contributed by atoms with Gasteiger partial charge in [-0.1, -0.05) is 45.7 Å². The number of hydrogen-bond donors (Lipinski definition) is 1. The summed E-state index contributed by atoms with van der Waals surface area (Å²) in [6.45, 7) is 3.60. The zero-order valence-electron chi connectivity index (χ0n) is 14.9. The summed E-state index contributed by atoms with van der Waals surface area (Å²) in [6.07, 6.45) is 0. The van der Waals surface area contributed by atoms with Gasteiger partial charge in [-0.3, -0.25) is 9.69 Å². The molecule has 144 valence electrons. The molecule has 1 atom stereocenters. The predicted molar refractivity (Wildman–Crippen MR) is 114 cm³/mol. The fourth-order valence-corrected chi connectivity index (χ4v) is 4.27. The van der Waals surface area contributed by atoms with Gasteiger partial charge in [-0.05, 0) is 35.9 Å². The van der Waals surface area contributed by atoms with Gasteiger partial charge >= 0.3 is 0 Å². The average molecular weight is 470 g/mol. The molecule has 0 aliphatic carbocycles. The maximum absolute atomic E-state index is 12.4. The van der Waals surface area contributed by atoms with Gasteiger partial charge in [0.25, 0.3) is 0 Å². The van der Waals surface area contributed by atoms with Crippen LogP contribution >= 0.6 is 39.3 Å². The summed E-state index contributed by atoms with van der Waals surface area (Å²) in [6, 6.07) is 15.9. The van der Waals surface area contributed by atoms with Crippen LogP contribution in [-0.2, 0) is 9.53 Å². The molecule has 1 aliphatic rings. The van der Waals surface area contributed by atoms with Crippen LogP contribution in [0.15, 0.2) is 57.9 Å². The Morgan fingerprint density at radius 2 is 1.89 bits per heavy atom. The molecular formula is C20H22BrClN2O2S. The minimum atomic E-state index is 0.0215. The van der Waals surface area contributed by atoms with Gasteiger partial charge in [0, 0.05) is 34.0 Å². The van der Waals surface area contributed by atoms with Crippen molar-refractivity contribution in [1.29, 1.82) is 0 Å². The molecule has 0 spiro atoms. The molecule has 1 N–H and O–H groups in total. The van der Waals surface area contributed by atoms with E-state index in [4.69, 9.17) is 16.3 Å². The summed E-state index contributed by atoms with van der Waals surface area (Å²) in [7, 11) is 0. The van der Waals surface area contributed by atoms with Crippen LogP contribution < -0.4 is 5.32 Å². The van der Waals surface area contributed by atoms with E-state index in [1.807, 2.05) is 48.5 Å². The molecular weight excluding hydrogens is 448 g/mol. The van der Waals surface area contributed by atoms with Gasteiger partial charge in [-0.25, -0.2) is 0 Å². The van der Waals surface area contributed by atoms with Crippen molar-refractivity contribution in [3.8, 4) is 0 Å². The fraction of sp³-hybridized carbons (Fsp3) is 0.350. The van der Waals surface area contributed by atoms with E-state index in [0.717, 1.165) is 33.0 Å². The normalized spacial score (nSPS) is 16.1. The van der Waals surface area contributed by atoms with Crippen LogP contribution in [0.1, 0.15) is 11.6 Å². The number of carbonyl (C=O) groups is 1. The van der Waals surface area contributed by atoms with Crippen molar-refractivity contribution in [2.24, 2.45) is 0 Å². The summed E-state index contributed by atoms with van der Waals surface area (Å²) < 4.78 is 6.50. The maximum atomic E-state index is 12.4. The first-order chi connectivity index (χ1) is 13.1. The van der Waals surface area contributed by atoms with Crippen molar-refractivity contribution >= 4 is 45.2 Å². The molecule has 2 aromatic carbocycles. The lowest BCUT2D eigenvalue weighted by molar-refractivity contribution is -0.118. The molecule has 7 heteroatoms. The number of hydrogen-bond acceptors (Lipinski definition) is 4. The molecule has 0 aromatic heterocycles. The van der Waals surface area contributed by atoms with E-state index in [2.05, 4.69) is 26.1 Å². The molecule has 1 aliphatic heterocycles. The average Bonchev–Trinajstić information content (AvgIpc) is 2.70. The molecule has 0 bridgehead atoms. The van der Waals surface area contributed by atoms with E-state index in [9.17, 15) is 4.79 Å². The van der Waals surface area contributed by atoms with Gasteiger partial charge in [0.15, 0.2) is 0 Å². The number of rotatable bonds is 7. The highest BCUT2D eigenvalue weighted by molar-refractivity contribution is 9.10. The van der Waals surface area contributed by atoms with Crippen molar-refractivity contribution in [1.82, 2.24) is 10.2 Å². The number of nitrogens with zero attached hydrogens (tertiary/aromatic N) is 1. The van der Waals surface area contributed by atoms with E-state index in [0.29, 0.717) is 25.5 Å². The Morgan fingerprint density at radius 3 is 2.59 bits per heavy atom. The molecule has 0 saturated carbocycles. The van der Waals surface area contributed by atoms with E-state index >= 15 is 0 Å². The van der Waals surface area contributed by atoms with Crippen LogP contribution in [0.5, 0.6) is 0 Å². The van der Waals surface area contributed by atoms with E-state index in [-0.39, 0.29) is 11.9 Å². The minimum absolute atomic E-state index is 0.0215. The minimum Gasteiger partial charge on any atom is -0.379 e. The number of thioether (sulfide) groups is 1. The van der Waals surface area contributed by atoms with Crippen molar-refractivity contribution in [2.75, 3.05) is 38.6 Å². The first-order valence-electron chi connectivity index (χ1n) is 8.85. The Kier molecular flexibility index (Phi) is 8.03. The van der Waals surface area contributed by atoms with Crippen LogP contribution in [0.4, 0.5) is 0 Å². The number of halogens is 2. The first-order valence-corrected chi connectivity index (χ1v) is 11.0. The Morgan fingerprint density at radius 1 is 1.19 bits per heavy atom. The third-order valence-corrected chi connectivity index (χ3v) is 6.31. The Hall–Kier alpha value is -1.05. The maximum Gasteiger partial charge on any atom is 0.230 e. The highest BCUT2D eigenvalue weighted by Gasteiger charge is 2.24. The zero-order chi connectivity index (χ0) is 19.1. The van der Waals surface area contributed by atoms with Crippen molar-refractivity contribution < 1.29 is 9.53 Å². The second-order valence-electron chi connectivity index (χ2n) is 6.23. The van der Waals surface area contributed by atoms with E-state index in [1.165, 1.54) is 11.8 Å². The van der Waals surface area contributed by atoms with Crippen LogP contribution in [0.2, 0.25) is 5.02 Å². The molecule has 1 amide bonds. The molecule has 1 unspecified atom stereocenters. The lowest BCUT2D eigenvalue weighted by Gasteiger charge is -2.35. The fourth-order valence-electron chi connectivity index (χ4n) is 3.01. The second-order valence-corrected chi connectivity index (χ2v) is 8.60. The highest BCUT2D eigenvalue weighted by Crippen LogP contribution is 2.28. The standard InChI is InChI=1S/C20H22BrClN2O2S/c21-15-5-7-16(8-6-15)27-14-20(25)23-13-19(24-9-11-26-12-10-24)17-3-1-2-4-18(17)22/h1-8,19H,9-14H2,(H,23,25). The molecule has 0 radical (unpaired) electrons. The number of morpholine rings is 1. The monoisotopic (exact) mass is 468 g/mol. The summed E-state index contributed by atoms with van der Waals surface area (Å²) in [5.41, 5.74) is 1.04. The van der Waals surface area contributed by atoms with E-state index < -0.39 is 0 Å². The number of carbonyl (C=O) groups excluding carboxylic acids is 1. The largest absolute Gasteiger partial charge is 0.379 e. The summed E-state index contributed by atoms with van der Waals surface area (Å²) in [5.74, 6) is 0.410. The molecule has 1 heterocycles. The lowest BCUT2D eigenvalue weighted by Crippen LogP contribution is -2.44. The predicted octanol–water partition coefficient (Wildman–Crippen LogP) is 4.38. The summed E-state index contributed by atoms with van der Waals surface area (Å²) >= 11 is 11.4. The van der Waals surface area contributed by atoms with Crippen LogP contribution in [-0.4, -0.2) is 49.4 Å². The van der Waals surface area contributed by atoms with Gasteiger partial charge in [-0.2, -0.15) is 0 Å². The molecule has 2 aromatic rings. The Labute approximate surface area is 177 Å². The smallest absolute Gasteiger partial charge is 0.230 e. The third-order valence-electron chi connectivity index (χ3n) is 4.43. The number of ether oxygens (including phenoxy) is 1. The van der Waals surface area contributed by atoms with E-state index in [1.54, 1.807) is 0 Å².